The van der Waals surface area contributed by atoms with Gasteiger partial charge >= 0.3 is 0 Å². The van der Waals surface area contributed by atoms with Crippen LogP contribution in [-0.2, 0) is 11.3 Å². The molecule has 4 aliphatic rings. The third-order valence-corrected chi connectivity index (χ3v) is 6.70. The number of nitrogens with zero attached hydrogens (tertiary/aromatic N) is 1. The van der Waals surface area contributed by atoms with Gasteiger partial charge < -0.3 is 14.9 Å². The van der Waals surface area contributed by atoms with E-state index < -0.39 is 6.10 Å². The van der Waals surface area contributed by atoms with E-state index in [0.29, 0.717) is 19.7 Å². The van der Waals surface area contributed by atoms with E-state index in [4.69, 9.17) is 4.74 Å². The number of hydrogen-bond acceptors (Lipinski definition) is 4. The second kappa shape index (κ2) is 7.97. The first-order chi connectivity index (χ1) is 12.6. The second-order valence-electron chi connectivity index (χ2n) is 9.01. The Kier molecular flexibility index (Phi) is 5.65. The summed E-state index contributed by atoms with van der Waals surface area (Å²) in [4.78, 5) is 2.11. The molecule has 1 atom stereocenters. The zero-order valence-corrected chi connectivity index (χ0v) is 15.7. The first-order valence-electron chi connectivity index (χ1n) is 10.3. The van der Waals surface area contributed by atoms with Crippen molar-refractivity contribution in [3.8, 4) is 0 Å². The lowest BCUT2D eigenvalue weighted by Crippen LogP contribution is -2.53. The van der Waals surface area contributed by atoms with Crippen LogP contribution in [0.5, 0.6) is 0 Å². The Labute approximate surface area is 157 Å². The molecule has 0 heterocycles. The van der Waals surface area contributed by atoms with Crippen molar-refractivity contribution in [1.29, 1.82) is 0 Å². The minimum atomic E-state index is -0.502. The van der Waals surface area contributed by atoms with E-state index in [1.165, 1.54) is 44.1 Å². The van der Waals surface area contributed by atoms with Crippen molar-refractivity contribution in [2.24, 2.45) is 17.8 Å². The van der Waals surface area contributed by atoms with E-state index in [1.54, 1.807) is 0 Å². The molecule has 26 heavy (non-hydrogen) atoms. The molecule has 1 aromatic carbocycles. The Hall–Kier alpha value is -0.940. The van der Waals surface area contributed by atoms with Crippen molar-refractivity contribution in [2.75, 3.05) is 26.3 Å². The summed E-state index contributed by atoms with van der Waals surface area (Å²) in [5.41, 5.74) is 1.26. The lowest BCUT2D eigenvalue weighted by molar-refractivity contribution is -0.176. The van der Waals surface area contributed by atoms with E-state index in [1.807, 2.05) is 18.2 Å². The number of ether oxygens (including phenoxy) is 1. The second-order valence-corrected chi connectivity index (χ2v) is 9.01. The Morgan fingerprint density at radius 2 is 1.65 bits per heavy atom. The molecule has 4 heteroatoms. The summed E-state index contributed by atoms with van der Waals surface area (Å²) in [6.07, 6.45) is 7.34. The molecule has 0 radical (unpaired) electrons. The Morgan fingerprint density at radius 1 is 1.04 bits per heavy atom. The van der Waals surface area contributed by atoms with Crippen LogP contribution in [0.3, 0.4) is 0 Å². The first-order valence-corrected chi connectivity index (χ1v) is 10.3. The van der Waals surface area contributed by atoms with Gasteiger partial charge in [0, 0.05) is 19.6 Å². The van der Waals surface area contributed by atoms with E-state index >= 15 is 0 Å². The molecular weight excluding hydrogens is 326 g/mol. The van der Waals surface area contributed by atoms with Gasteiger partial charge in [0.1, 0.15) is 0 Å². The van der Waals surface area contributed by atoms with Gasteiger partial charge in [0.15, 0.2) is 0 Å². The normalized spacial score (nSPS) is 33.7. The predicted octanol–water partition coefficient (Wildman–Crippen LogP) is 2.83. The Morgan fingerprint density at radius 3 is 2.23 bits per heavy atom. The molecule has 5 rings (SSSR count). The Bertz CT molecular complexity index is 541. The third kappa shape index (κ3) is 4.30. The number of hydrogen-bond donors (Lipinski definition) is 2. The molecule has 4 bridgehead atoms. The van der Waals surface area contributed by atoms with Crippen LogP contribution in [0.1, 0.15) is 44.1 Å². The maximum absolute atomic E-state index is 10.6. The Balaban J connectivity index is 1.29. The predicted molar refractivity (Wildman–Crippen MR) is 102 cm³/mol. The quantitative estimate of drug-likeness (QED) is 0.712. The number of aliphatic hydroxyl groups excluding tert-OH is 2. The lowest BCUT2D eigenvalue weighted by atomic mass is 9.54. The first kappa shape index (κ1) is 18.4. The van der Waals surface area contributed by atoms with Crippen LogP contribution < -0.4 is 0 Å². The van der Waals surface area contributed by atoms with Crippen LogP contribution in [0.2, 0.25) is 0 Å². The van der Waals surface area contributed by atoms with Gasteiger partial charge in [-0.05, 0) is 61.8 Å². The van der Waals surface area contributed by atoms with Crippen LogP contribution >= 0.6 is 0 Å². The highest BCUT2D eigenvalue weighted by Gasteiger charge is 2.51. The van der Waals surface area contributed by atoms with Gasteiger partial charge in [-0.25, -0.2) is 0 Å². The molecule has 0 aromatic heterocycles. The highest BCUT2D eigenvalue weighted by Crippen LogP contribution is 2.57. The largest absolute Gasteiger partial charge is 0.395 e. The molecule has 4 saturated carbocycles. The van der Waals surface area contributed by atoms with Gasteiger partial charge in [0.2, 0.25) is 0 Å². The monoisotopic (exact) mass is 359 g/mol. The number of rotatable bonds is 9. The van der Waals surface area contributed by atoms with Gasteiger partial charge in [0.05, 0.1) is 24.9 Å². The fourth-order valence-electron chi connectivity index (χ4n) is 6.05. The van der Waals surface area contributed by atoms with Gasteiger partial charge in [-0.15, -0.1) is 0 Å². The minimum absolute atomic E-state index is 0.0525. The van der Waals surface area contributed by atoms with Crippen molar-refractivity contribution >= 4 is 0 Å². The van der Waals surface area contributed by atoms with Crippen molar-refractivity contribution < 1.29 is 14.9 Å². The van der Waals surface area contributed by atoms with Gasteiger partial charge in [-0.3, -0.25) is 4.90 Å². The van der Waals surface area contributed by atoms with Crippen molar-refractivity contribution in [1.82, 2.24) is 4.90 Å². The van der Waals surface area contributed by atoms with Crippen LogP contribution in [0, 0.1) is 17.8 Å². The average Bonchev–Trinajstić information content (AvgIpc) is 2.60. The highest BCUT2D eigenvalue weighted by molar-refractivity contribution is 5.14. The molecule has 1 aromatic rings. The molecule has 2 N–H and O–H groups in total. The third-order valence-electron chi connectivity index (χ3n) is 6.70. The zero-order chi connectivity index (χ0) is 18.0. The van der Waals surface area contributed by atoms with E-state index in [0.717, 1.165) is 24.3 Å². The molecule has 0 amide bonds. The SMILES string of the molecule is OCCN(Cc1ccccc1)CC(O)COC12CC3CC(CC(C3)C1)C2. The van der Waals surface area contributed by atoms with Crippen molar-refractivity contribution in [3.63, 3.8) is 0 Å². The maximum Gasteiger partial charge on any atom is 0.0900 e. The summed E-state index contributed by atoms with van der Waals surface area (Å²) < 4.78 is 6.39. The number of benzene rings is 1. The van der Waals surface area contributed by atoms with Crippen molar-refractivity contribution in [3.05, 3.63) is 35.9 Å². The molecule has 4 fully saturated rings. The smallest absolute Gasteiger partial charge is 0.0900 e. The van der Waals surface area contributed by atoms with Gasteiger partial charge in [-0.1, -0.05) is 30.3 Å². The molecule has 0 spiro atoms. The number of aliphatic hydroxyl groups is 2. The van der Waals surface area contributed by atoms with Crippen LogP contribution in [0.25, 0.3) is 0 Å². The fourth-order valence-corrected chi connectivity index (χ4v) is 6.05. The van der Waals surface area contributed by atoms with Crippen molar-refractivity contribution in [2.45, 2.75) is 56.8 Å². The fraction of sp³-hybridized carbons (Fsp3) is 0.727. The standard InChI is InChI=1S/C22H33NO3/c24-7-6-23(14-17-4-2-1-3-5-17)15-21(25)16-26-22-11-18-8-19(12-22)10-20(9-18)13-22/h1-5,18-21,24-25H,6-16H2. The minimum Gasteiger partial charge on any atom is -0.395 e. The molecule has 4 nitrogen and oxygen atoms in total. The summed E-state index contributed by atoms with van der Waals surface area (Å²) in [6, 6.07) is 10.2. The molecular formula is C22H33NO3. The van der Waals surface area contributed by atoms with Crippen LogP contribution in [0.15, 0.2) is 30.3 Å². The van der Waals surface area contributed by atoms with E-state index in [9.17, 15) is 10.2 Å². The van der Waals surface area contributed by atoms with Gasteiger partial charge in [-0.2, -0.15) is 0 Å². The molecule has 4 aliphatic carbocycles. The highest BCUT2D eigenvalue weighted by atomic mass is 16.5. The maximum atomic E-state index is 10.6. The van der Waals surface area contributed by atoms with Crippen LogP contribution in [-0.4, -0.2) is 53.1 Å². The van der Waals surface area contributed by atoms with E-state index in [-0.39, 0.29) is 12.2 Å². The lowest BCUT2D eigenvalue weighted by Gasteiger charge is -2.56. The zero-order valence-electron chi connectivity index (χ0n) is 15.7. The summed E-state index contributed by atoms with van der Waals surface area (Å²) in [7, 11) is 0. The summed E-state index contributed by atoms with van der Waals surface area (Å²) in [6.45, 7) is 2.39. The molecule has 0 aliphatic heterocycles. The summed E-state index contributed by atoms with van der Waals surface area (Å²) in [5, 5.41) is 19.9. The molecule has 1 unspecified atom stereocenters. The van der Waals surface area contributed by atoms with E-state index in [2.05, 4.69) is 17.0 Å². The van der Waals surface area contributed by atoms with Crippen LogP contribution in [0.4, 0.5) is 0 Å². The summed E-state index contributed by atoms with van der Waals surface area (Å²) in [5.74, 6) is 2.59. The average molecular weight is 360 g/mol. The topological polar surface area (TPSA) is 52.9 Å². The molecule has 144 valence electrons. The molecule has 0 saturated heterocycles. The van der Waals surface area contributed by atoms with Gasteiger partial charge in [0.25, 0.3) is 0 Å². The summed E-state index contributed by atoms with van der Waals surface area (Å²) >= 11 is 0.